The van der Waals surface area contributed by atoms with E-state index in [9.17, 15) is 0 Å². The van der Waals surface area contributed by atoms with Gasteiger partial charge in [0.05, 0.1) is 6.67 Å². The minimum absolute atomic E-state index is 0.983. The molecule has 10 heavy (non-hydrogen) atoms. The minimum atomic E-state index is 0.983. The standard InChI is InChI=1S/C7H11N3/c1-2-8-4-7-5-9-6-10(7)3-1/h2,4,9H,1,3,5-6H2. The summed E-state index contributed by atoms with van der Waals surface area (Å²) < 4.78 is 0. The number of fused-ring (bicyclic) bond motifs is 1. The highest BCUT2D eigenvalue weighted by molar-refractivity contribution is 5.59. The van der Waals surface area contributed by atoms with Crippen LogP contribution in [-0.2, 0) is 0 Å². The Bertz CT molecular complexity index is 183. The van der Waals surface area contributed by atoms with Crippen LogP contribution in [0.5, 0.6) is 0 Å². The van der Waals surface area contributed by atoms with Crippen LogP contribution in [-0.4, -0.2) is 30.9 Å². The molecule has 0 radical (unpaired) electrons. The third-order valence-corrected chi connectivity index (χ3v) is 1.87. The largest absolute Gasteiger partial charge is 0.359 e. The molecule has 0 aliphatic carbocycles. The Labute approximate surface area is 60.4 Å². The number of aliphatic imine (C=N–C) groups is 1. The number of nitrogens with one attached hydrogen (secondary N) is 1. The fourth-order valence-corrected chi connectivity index (χ4v) is 1.31. The van der Waals surface area contributed by atoms with Crippen LogP contribution in [0.4, 0.5) is 0 Å². The zero-order valence-corrected chi connectivity index (χ0v) is 5.88. The van der Waals surface area contributed by atoms with Crippen LogP contribution in [0.15, 0.2) is 16.9 Å². The Hall–Kier alpha value is -0.830. The first kappa shape index (κ1) is 5.92. The molecule has 1 N–H and O–H groups in total. The number of hydrogen-bond donors (Lipinski definition) is 1. The topological polar surface area (TPSA) is 27.6 Å². The fourth-order valence-electron chi connectivity index (χ4n) is 1.31. The summed E-state index contributed by atoms with van der Waals surface area (Å²) in [5.74, 6) is 0. The maximum Gasteiger partial charge on any atom is 0.0683 e. The zero-order chi connectivity index (χ0) is 6.81. The molecule has 1 saturated heterocycles. The maximum atomic E-state index is 4.14. The van der Waals surface area contributed by atoms with Crippen molar-refractivity contribution in [3.8, 4) is 0 Å². The van der Waals surface area contributed by atoms with Crippen molar-refractivity contribution in [2.75, 3.05) is 19.8 Å². The monoisotopic (exact) mass is 137 g/mol. The lowest BCUT2D eigenvalue weighted by molar-refractivity contribution is 0.396. The minimum Gasteiger partial charge on any atom is -0.359 e. The molecule has 1 fully saturated rings. The summed E-state index contributed by atoms with van der Waals surface area (Å²) in [6.45, 7) is 3.09. The summed E-state index contributed by atoms with van der Waals surface area (Å²) in [6, 6.07) is 0. The van der Waals surface area contributed by atoms with Crippen LogP contribution in [0, 0.1) is 0 Å². The summed E-state index contributed by atoms with van der Waals surface area (Å²) >= 11 is 0. The molecule has 0 atom stereocenters. The predicted octanol–water partition coefficient (Wildman–Crippen LogP) is 0.165. The molecular weight excluding hydrogens is 126 g/mol. The second-order valence-corrected chi connectivity index (χ2v) is 2.59. The molecule has 0 unspecified atom stereocenters. The van der Waals surface area contributed by atoms with Crippen LogP contribution in [0.1, 0.15) is 6.42 Å². The maximum absolute atomic E-state index is 4.14. The van der Waals surface area contributed by atoms with Crippen molar-refractivity contribution < 1.29 is 0 Å². The molecule has 0 bridgehead atoms. The average molecular weight is 137 g/mol. The van der Waals surface area contributed by atoms with Crippen LogP contribution in [0.3, 0.4) is 0 Å². The Morgan fingerprint density at radius 1 is 1.60 bits per heavy atom. The highest BCUT2D eigenvalue weighted by Gasteiger charge is 2.15. The van der Waals surface area contributed by atoms with Gasteiger partial charge in [0.25, 0.3) is 0 Å². The normalized spacial score (nSPS) is 24.0. The molecule has 3 nitrogen and oxygen atoms in total. The molecule has 0 aromatic rings. The third-order valence-electron chi connectivity index (χ3n) is 1.87. The number of rotatable bonds is 0. The van der Waals surface area contributed by atoms with Crippen molar-refractivity contribution in [1.29, 1.82) is 0 Å². The fraction of sp³-hybridized carbons (Fsp3) is 0.571. The van der Waals surface area contributed by atoms with Gasteiger partial charge in [0.1, 0.15) is 0 Å². The van der Waals surface area contributed by atoms with Crippen molar-refractivity contribution >= 4 is 6.21 Å². The highest BCUT2D eigenvalue weighted by Crippen LogP contribution is 2.10. The summed E-state index contributed by atoms with van der Waals surface area (Å²) in [5.41, 5.74) is 1.33. The molecular formula is C7H11N3. The zero-order valence-electron chi connectivity index (χ0n) is 5.88. The molecule has 0 aromatic carbocycles. The smallest absolute Gasteiger partial charge is 0.0683 e. The molecule has 2 heterocycles. The summed E-state index contributed by atoms with van der Waals surface area (Å²) in [5, 5.41) is 3.28. The van der Waals surface area contributed by atoms with Gasteiger partial charge >= 0.3 is 0 Å². The van der Waals surface area contributed by atoms with E-state index in [4.69, 9.17) is 0 Å². The molecule has 0 amide bonds. The van der Waals surface area contributed by atoms with Gasteiger partial charge in [-0.05, 0) is 0 Å². The van der Waals surface area contributed by atoms with Gasteiger partial charge in [0.2, 0.25) is 0 Å². The Balaban J connectivity index is 2.18. The van der Waals surface area contributed by atoms with E-state index in [2.05, 4.69) is 15.2 Å². The molecule has 3 heteroatoms. The van der Waals surface area contributed by atoms with Gasteiger partial charge in [0.15, 0.2) is 0 Å². The van der Waals surface area contributed by atoms with Gasteiger partial charge in [-0.3, -0.25) is 10.3 Å². The Kier molecular flexibility index (Phi) is 1.43. The van der Waals surface area contributed by atoms with E-state index in [0.717, 1.165) is 26.2 Å². The molecule has 0 spiro atoms. The summed E-state index contributed by atoms with van der Waals surface area (Å²) in [7, 11) is 0. The van der Waals surface area contributed by atoms with Crippen LogP contribution in [0.25, 0.3) is 0 Å². The summed E-state index contributed by atoms with van der Waals surface area (Å²) in [6.07, 6.45) is 5.00. The molecule has 0 saturated carbocycles. The van der Waals surface area contributed by atoms with Crippen LogP contribution in [0.2, 0.25) is 0 Å². The Morgan fingerprint density at radius 3 is 3.60 bits per heavy atom. The SMILES string of the molecule is C1=NC=C2CNCN2CC1. The number of hydrogen-bond acceptors (Lipinski definition) is 3. The van der Waals surface area contributed by atoms with Crippen molar-refractivity contribution in [3.63, 3.8) is 0 Å². The van der Waals surface area contributed by atoms with Crippen molar-refractivity contribution in [2.24, 2.45) is 4.99 Å². The van der Waals surface area contributed by atoms with E-state index in [-0.39, 0.29) is 0 Å². The van der Waals surface area contributed by atoms with Gasteiger partial charge in [-0.2, -0.15) is 0 Å². The van der Waals surface area contributed by atoms with Gasteiger partial charge in [-0.1, -0.05) is 0 Å². The quantitative estimate of drug-likeness (QED) is 0.515. The first-order valence-corrected chi connectivity index (χ1v) is 3.63. The van der Waals surface area contributed by atoms with Crippen molar-refractivity contribution in [2.45, 2.75) is 6.42 Å². The molecule has 2 rings (SSSR count). The number of nitrogens with zero attached hydrogens (tertiary/aromatic N) is 2. The second kappa shape index (κ2) is 2.42. The van der Waals surface area contributed by atoms with Gasteiger partial charge in [0, 0.05) is 37.6 Å². The van der Waals surface area contributed by atoms with Crippen molar-refractivity contribution in [1.82, 2.24) is 10.2 Å². The second-order valence-electron chi connectivity index (χ2n) is 2.59. The van der Waals surface area contributed by atoms with Crippen LogP contribution >= 0.6 is 0 Å². The van der Waals surface area contributed by atoms with Crippen molar-refractivity contribution in [3.05, 3.63) is 11.9 Å². The third kappa shape index (κ3) is 0.926. The van der Waals surface area contributed by atoms with E-state index < -0.39 is 0 Å². The van der Waals surface area contributed by atoms with Gasteiger partial charge in [-0.15, -0.1) is 0 Å². The molecule has 54 valence electrons. The summed E-state index contributed by atoms with van der Waals surface area (Å²) in [4.78, 5) is 6.47. The lowest BCUT2D eigenvalue weighted by atomic mass is 10.4. The van der Waals surface area contributed by atoms with Crippen LogP contribution < -0.4 is 5.32 Å². The predicted molar refractivity (Wildman–Crippen MR) is 40.8 cm³/mol. The average Bonchev–Trinajstić information content (AvgIpc) is 2.28. The van der Waals surface area contributed by atoms with E-state index in [1.165, 1.54) is 5.70 Å². The van der Waals surface area contributed by atoms with E-state index >= 15 is 0 Å². The molecule has 2 aliphatic heterocycles. The lowest BCUT2D eigenvalue weighted by Crippen LogP contribution is -2.21. The first-order valence-electron chi connectivity index (χ1n) is 3.63. The Morgan fingerprint density at radius 2 is 2.60 bits per heavy atom. The molecule has 0 aromatic heterocycles. The van der Waals surface area contributed by atoms with Gasteiger partial charge < -0.3 is 4.90 Å². The highest BCUT2D eigenvalue weighted by atomic mass is 15.3. The van der Waals surface area contributed by atoms with E-state index in [1.807, 2.05) is 12.4 Å². The lowest BCUT2D eigenvalue weighted by Gasteiger charge is -2.14. The molecule has 2 aliphatic rings. The first-order chi connectivity index (χ1) is 4.97. The van der Waals surface area contributed by atoms with E-state index in [1.54, 1.807) is 0 Å². The van der Waals surface area contributed by atoms with Gasteiger partial charge in [-0.25, -0.2) is 0 Å². The van der Waals surface area contributed by atoms with E-state index in [0.29, 0.717) is 0 Å².